The summed E-state index contributed by atoms with van der Waals surface area (Å²) in [5, 5.41) is 10.9. The zero-order valence-electron chi connectivity index (χ0n) is 12.2. The minimum absolute atomic E-state index is 0.0107. The van der Waals surface area contributed by atoms with Crippen molar-refractivity contribution in [3.63, 3.8) is 0 Å². The molecule has 0 heterocycles. The van der Waals surface area contributed by atoms with E-state index in [2.05, 4.69) is 0 Å². The molecule has 0 radical (unpaired) electrons. The first-order chi connectivity index (χ1) is 9.34. The molecular formula is C13H21N2O4P. The van der Waals surface area contributed by atoms with Gasteiger partial charge < -0.3 is 9.42 Å². The smallest absolute Gasteiger partial charge is 0.274 e. The van der Waals surface area contributed by atoms with Crippen LogP contribution in [-0.2, 0) is 11.1 Å². The summed E-state index contributed by atoms with van der Waals surface area (Å²) in [6.07, 6.45) is 0. The average molecular weight is 300 g/mol. The van der Waals surface area contributed by atoms with Gasteiger partial charge in [0.2, 0.25) is 0 Å². The third-order valence-electron chi connectivity index (χ3n) is 2.78. The molecule has 0 aliphatic rings. The second-order valence-electron chi connectivity index (χ2n) is 4.98. The van der Waals surface area contributed by atoms with Crippen LogP contribution in [0.2, 0.25) is 0 Å². The number of nitro groups is 1. The molecule has 7 heteroatoms. The Labute approximate surface area is 120 Å². The molecular weight excluding hydrogens is 279 g/mol. The molecule has 6 nitrogen and oxygen atoms in total. The number of nitrogens with zero attached hydrogens (tertiary/aromatic N) is 2. The maximum absolute atomic E-state index is 10.9. The highest BCUT2D eigenvalue weighted by atomic mass is 31.2. The SMILES string of the molecule is CC(C)N(C(C)C)P(O)OCc1ccccc1[N+](=O)[O-]. The maximum atomic E-state index is 10.9. The number of benzene rings is 1. The molecule has 1 unspecified atom stereocenters. The van der Waals surface area contributed by atoms with E-state index < -0.39 is 13.4 Å². The Morgan fingerprint density at radius 3 is 2.35 bits per heavy atom. The molecule has 1 aromatic carbocycles. The van der Waals surface area contributed by atoms with Gasteiger partial charge in [0.05, 0.1) is 17.1 Å². The highest BCUT2D eigenvalue weighted by Crippen LogP contribution is 2.41. The van der Waals surface area contributed by atoms with Crippen LogP contribution in [-0.4, -0.2) is 26.6 Å². The van der Waals surface area contributed by atoms with Crippen molar-refractivity contribution in [2.45, 2.75) is 46.4 Å². The zero-order valence-corrected chi connectivity index (χ0v) is 13.1. The fourth-order valence-corrected chi connectivity index (χ4v) is 3.17. The van der Waals surface area contributed by atoms with Crippen LogP contribution in [0, 0.1) is 10.1 Å². The first-order valence-electron chi connectivity index (χ1n) is 6.47. The molecule has 0 aliphatic carbocycles. The Bertz CT molecular complexity index is 446. The van der Waals surface area contributed by atoms with E-state index in [1.807, 2.05) is 32.4 Å². The number of rotatable bonds is 7. The van der Waals surface area contributed by atoms with Gasteiger partial charge in [-0.25, -0.2) is 4.67 Å². The van der Waals surface area contributed by atoms with Crippen LogP contribution < -0.4 is 0 Å². The van der Waals surface area contributed by atoms with Gasteiger partial charge in [-0.1, -0.05) is 12.1 Å². The lowest BCUT2D eigenvalue weighted by atomic mass is 10.2. The Morgan fingerprint density at radius 1 is 1.30 bits per heavy atom. The van der Waals surface area contributed by atoms with Crippen LogP contribution in [0.15, 0.2) is 24.3 Å². The van der Waals surface area contributed by atoms with Crippen LogP contribution >= 0.6 is 8.53 Å². The molecule has 1 aromatic rings. The van der Waals surface area contributed by atoms with Gasteiger partial charge in [-0.3, -0.25) is 10.1 Å². The second kappa shape index (κ2) is 7.64. The Hall–Kier alpha value is -1.07. The summed E-state index contributed by atoms with van der Waals surface area (Å²) in [5.74, 6) is 0. The van der Waals surface area contributed by atoms with E-state index in [0.717, 1.165) is 0 Å². The van der Waals surface area contributed by atoms with Gasteiger partial charge in [0, 0.05) is 18.2 Å². The van der Waals surface area contributed by atoms with Crippen LogP contribution in [0.4, 0.5) is 5.69 Å². The zero-order chi connectivity index (χ0) is 15.3. The molecule has 1 rings (SSSR count). The first-order valence-corrected chi connectivity index (χ1v) is 7.63. The normalized spacial score (nSPS) is 13.2. The fraction of sp³-hybridized carbons (Fsp3) is 0.538. The summed E-state index contributed by atoms with van der Waals surface area (Å²) in [7, 11) is -1.77. The highest BCUT2D eigenvalue weighted by molar-refractivity contribution is 7.43. The maximum Gasteiger partial charge on any atom is 0.274 e. The number of para-hydroxylation sites is 1. The predicted molar refractivity (Wildman–Crippen MR) is 79.1 cm³/mol. The first kappa shape index (κ1) is 17.0. The summed E-state index contributed by atoms with van der Waals surface area (Å²) in [4.78, 5) is 20.6. The minimum atomic E-state index is -1.77. The Balaban J connectivity index is 2.74. The van der Waals surface area contributed by atoms with E-state index in [9.17, 15) is 15.0 Å². The molecule has 20 heavy (non-hydrogen) atoms. The Morgan fingerprint density at radius 2 is 1.85 bits per heavy atom. The topological polar surface area (TPSA) is 75.8 Å². The van der Waals surface area contributed by atoms with Crippen molar-refractivity contribution >= 4 is 14.2 Å². The number of nitro benzene ring substituents is 1. The molecule has 0 saturated heterocycles. The van der Waals surface area contributed by atoms with Gasteiger partial charge in [-0.2, -0.15) is 0 Å². The highest BCUT2D eigenvalue weighted by Gasteiger charge is 2.25. The third-order valence-corrected chi connectivity index (χ3v) is 4.46. The van der Waals surface area contributed by atoms with Crippen molar-refractivity contribution in [2.75, 3.05) is 0 Å². The number of hydrogen-bond acceptors (Lipinski definition) is 5. The van der Waals surface area contributed by atoms with E-state index in [1.54, 1.807) is 18.2 Å². The molecule has 0 fully saturated rings. The third kappa shape index (κ3) is 4.49. The molecule has 0 bridgehead atoms. The summed E-state index contributed by atoms with van der Waals surface area (Å²) >= 11 is 0. The minimum Gasteiger partial charge on any atom is -0.338 e. The standard InChI is InChI=1S/C13H21N2O4P/c1-10(2)14(11(3)4)20(18)19-9-12-7-5-6-8-13(12)15(16)17/h5-8,10-11,18H,9H2,1-4H3. The lowest BCUT2D eigenvalue weighted by Gasteiger charge is -2.32. The lowest BCUT2D eigenvalue weighted by Crippen LogP contribution is -2.32. The summed E-state index contributed by atoms with van der Waals surface area (Å²) < 4.78 is 7.30. The molecule has 0 aromatic heterocycles. The summed E-state index contributed by atoms with van der Waals surface area (Å²) in [5.41, 5.74) is 0.475. The molecule has 0 aliphatic heterocycles. The van der Waals surface area contributed by atoms with Gasteiger partial charge in [-0.15, -0.1) is 0 Å². The van der Waals surface area contributed by atoms with Crippen molar-refractivity contribution in [3.8, 4) is 0 Å². The van der Waals surface area contributed by atoms with Gasteiger partial charge >= 0.3 is 0 Å². The monoisotopic (exact) mass is 300 g/mol. The summed E-state index contributed by atoms with van der Waals surface area (Å²) in [6.45, 7) is 7.91. The van der Waals surface area contributed by atoms with Crippen LogP contribution in [0.25, 0.3) is 0 Å². The fourth-order valence-electron chi connectivity index (χ4n) is 2.00. The van der Waals surface area contributed by atoms with E-state index >= 15 is 0 Å². The van der Waals surface area contributed by atoms with Crippen molar-refractivity contribution < 1.29 is 14.3 Å². The van der Waals surface area contributed by atoms with E-state index in [1.165, 1.54) is 6.07 Å². The molecule has 1 atom stereocenters. The van der Waals surface area contributed by atoms with Gasteiger partial charge in [-0.05, 0) is 33.8 Å². The van der Waals surface area contributed by atoms with Gasteiger partial charge in [0.25, 0.3) is 14.2 Å². The van der Waals surface area contributed by atoms with Gasteiger partial charge in [0.1, 0.15) is 0 Å². The molecule has 0 amide bonds. The van der Waals surface area contributed by atoms with Crippen LogP contribution in [0.5, 0.6) is 0 Å². The Kier molecular flexibility index (Phi) is 6.49. The van der Waals surface area contributed by atoms with Crippen LogP contribution in [0.3, 0.4) is 0 Å². The lowest BCUT2D eigenvalue weighted by molar-refractivity contribution is -0.385. The largest absolute Gasteiger partial charge is 0.338 e. The van der Waals surface area contributed by atoms with Crippen molar-refractivity contribution in [1.82, 2.24) is 4.67 Å². The van der Waals surface area contributed by atoms with Crippen molar-refractivity contribution in [3.05, 3.63) is 39.9 Å². The molecule has 0 spiro atoms. The average Bonchev–Trinajstić information content (AvgIpc) is 2.35. The van der Waals surface area contributed by atoms with Crippen molar-refractivity contribution in [2.24, 2.45) is 0 Å². The second-order valence-corrected chi connectivity index (χ2v) is 6.21. The molecule has 0 saturated carbocycles. The van der Waals surface area contributed by atoms with Crippen LogP contribution in [0.1, 0.15) is 33.3 Å². The van der Waals surface area contributed by atoms with E-state index in [0.29, 0.717) is 5.56 Å². The van der Waals surface area contributed by atoms with Crippen molar-refractivity contribution in [1.29, 1.82) is 0 Å². The van der Waals surface area contributed by atoms with E-state index in [4.69, 9.17) is 4.52 Å². The quantitative estimate of drug-likeness (QED) is 0.474. The van der Waals surface area contributed by atoms with Gasteiger partial charge in [0.15, 0.2) is 0 Å². The summed E-state index contributed by atoms with van der Waals surface area (Å²) in [6, 6.07) is 6.66. The van der Waals surface area contributed by atoms with E-state index in [-0.39, 0.29) is 24.4 Å². The number of hydrogen-bond donors (Lipinski definition) is 1. The molecule has 112 valence electrons. The predicted octanol–water partition coefficient (Wildman–Crippen LogP) is 3.45. The molecule has 1 N–H and O–H groups in total.